The Labute approximate surface area is 269 Å². The van der Waals surface area contributed by atoms with E-state index in [0.717, 1.165) is 94.2 Å². The first kappa shape index (κ1) is 25.9. The van der Waals surface area contributed by atoms with Gasteiger partial charge in [-0.1, -0.05) is 91.0 Å². The van der Waals surface area contributed by atoms with Crippen molar-refractivity contribution in [3.8, 4) is 39.3 Å². The van der Waals surface area contributed by atoms with Gasteiger partial charge in [0.05, 0.1) is 11.0 Å². The van der Waals surface area contributed by atoms with E-state index >= 15 is 0 Å². The van der Waals surface area contributed by atoms with Crippen molar-refractivity contribution in [2.24, 2.45) is 0 Å². The molecule has 0 fully saturated rings. The third-order valence-electron chi connectivity index (χ3n) is 9.23. The van der Waals surface area contributed by atoms with Crippen LogP contribution >= 0.6 is 0 Å². The number of para-hydroxylation sites is 3. The van der Waals surface area contributed by atoms with Gasteiger partial charge in [-0.2, -0.15) is 0 Å². The van der Waals surface area contributed by atoms with Gasteiger partial charge in [0.15, 0.2) is 0 Å². The van der Waals surface area contributed by atoms with E-state index in [1.165, 1.54) is 0 Å². The second-order valence-electron chi connectivity index (χ2n) is 12.0. The Morgan fingerprint density at radius 2 is 0.894 bits per heavy atom. The van der Waals surface area contributed by atoms with Gasteiger partial charge in [-0.3, -0.25) is 4.57 Å². The third kappa shape index (κ3) is 4.12. The molecular weight excluding hydrogens is 576 g/mol. The summed E-state index contributed by atoms with van der Waals surface area (Å²) in [5.74, 6) is 0.932. The van der Waals surface area contributed by atoms with E-state index in [9.17, 15) is 0 Å². The van der Waals surface area contributed by atoms with E-state index in [4.69, 9.17) is 13.8 Å². The lowest BCUT2D eigenvalue weighted by molar-refractivity contribution is 0.668. The highest BCUT2D eigenvalue weighted by atomic mass is 16.3. The minimum Gasteiger partial charge on any atom is -0.456 e. The summed E-state index contributed by atoms with van der Waals surface area (Å²) in [4.78, 5) is 5.00. The van der Waals surface area contributed by atoms with E-state index in [0.29, 0.717) is 0 Å². The van der Waals surface area contributed by atoms with Gasteiger partial charge in [-0.05, 0) is 89.0 Å². The molecule has 3 aromatic heterocycles. The Balaban J connectivity index is 1.05. The number of hydrogen-bond donors (Lipinski definition) is 0. The van der Waals surface area contributed by atoms with Crippen LogP contribution in [0.25, 0.3) is 94.2 Å². The molecule has 4 nitrogen and oxygen atoms in total. The number of nitrogens with zero attached hydrogens (tertiary/aromatic N) is 2. The van der Waals surface area contributed by atoms with Crippen molar-refractivity contribution in [2.75, 3.05) is 0 Å². The molecule has 0 saturated heterocycles. The molecule has 0 N–H and O–H groups in total. The van der Waals surface area contributed by atoms with Crippen molar-refractivity contribution in [3.05, 3.63) is 158 Å². The molecule has 0 amide bonds. The van der Waals surface area contributed by atoms with E-state index in [1.807, 2.05) is 24.3 Å². The Morgan fingerprint density at radius 1 is 0.383 bits per heavy atom. The van der Waals surface area contributed by atoms with Crippen LogP contribution in [0.3, 0.4) is 0 Å². The number of rotatable bonds is 4. The number of furan rings is 2. The molecule has 0 aliphatic heterocycles. The van der Waals surface area contributed by atoms with Crippen LogP contribution in [-0.2, 0) is 0 Å². The first-order chi connectivity index (χ1) is 23.3. The molecule has 10 rings (SSSR count). The zero-order chi connectivity index (χ0) is 30.9. The summed E-state index contributed by atoms with van der Waals surface area (Å²) in [5.41, 5.74) is 12.4. The van der Waals surface area contributed by atoms with Crippen molar-refractivity contribution in [1.29, 1.82) is 0 Å². The van der Waals surface area contributed by atoms with Crippen LogP contribution in [0, 0.1) is 0 Å². The molecule has 4 heteroatoms. The molecule has 47 heavy (non-hydrogen) atoms. The highest BCUT2D eigenvalue weighted by Crippen LogP contribution is 2.37. The maximum atomic E-state index is 6.29. The van der Waals surface area contributed by atoms with Crippen LogP contribution in [0.15, 0.2) is 167 Å². The first-order valence-electron chi connectivity index (χ1n) is 15.8. The van der Waals surface area contributed by atoms with Crippen molar-refractivity contribution in [3.63, 3.8) is 0 Å². The molecule has 0 saturated carbocycles. The van der Waals surface area contributed by atoms with Crippen molar-refractivity contribution >= 4 is 54.9 Å². The third-order valence-corrected chi connectivity index (χ3v) is 9.23. The minimum absolute atomic E-state index is 0.881. The van der Waals surface area contributed by atoms with E-state index < -0.39 is 0 Å². The summed E-state index contributed by atoms with van der Waals surface area (Å²) in [6, 6.07) is 55.0. The Bertz CT molecular complexity index is 2780. The number of imidazole rings is 1. The van der Waals surface area contributed by atoms with E-state index in [2.05, 4.69) is 138 Å². The maximum absolute atomic E-state index is 6.29. The van der Waals surface area contributed by atoms with Crippen molar-refractivity contribution < 1.29 is 8.83 Å². The van der Waals surface area contributed by atoms with Crippen LogP contribution in [0.1, 0.15) is 0 Å². The van der Waals surface area contributed by atoms with Crippen LogP contribution in [0.4, 0.5) is 0 Å². The lowest BCUT2D eigenvalue weighted by Crippen LogP contribution is -1.97. The second kappa shape index (κ2) is 10.1. The van der Waals surface area contributed by atoms with Crippen molar-refractivity contribution in [2.45, 2.75) is 0 Å². The summed E-state index contributed by atoms with van der Waals surface area (Å²) in [7, 11) is 0. The molecule has 0 aliphatic carbocycles. The fourth-order valence-electron chi connectivity index (χ4n) is 6.91. The van der Waals surface area contributed by atoms with Gasteiger partial charge in [0.25, 0.3) is 0 Å². The number of fused-ring (bicyclic) bond motifs is 7. The fourth-order valence-corrected chi connectivity index (χ4v) is 6.91. The lowest BCUT2D eigenvalue weighted by Gasteiger charge is -2.11. The maximum Gasteiger partial charge on any atom is 0.145 e. The molecule has 0 aliphatic rings. The second-order valence-corrected chi connectivity index (χ2v) is 12.0. The molecule has 7 aromatic carbocycles. The standard InChI is InChI=1S/C43H26N2O2/c1-2-8-28(9-3-1)43-44-37-11-5-6-12-38(37)45(43)32-19-14-27(15-20-32)29-16-21-41-35(24-29)36-26-31(18-23-42(36)47-41)30-17-22-40-34(25-30)33-10-4-7-13-39(33)46-40/h1-26H. The van der Waals surface area contributed by atoms with E-state index in [-0.39, 0.29) is 0 Å². The predicted molar refractivity (Wildman–Crippen MR) is 192 cm³/mol. The Morgan fingerprint density at radius 3 is 1.57 bits per heavy atom. The normalized spacial score (nSPS) is 11.8. The molecule has 0 bridgehead atoms. The summed E-state index contributed by atoms with van der Waals surface area (Å²) in [5, 5.41) is 4.46. The Kier molecular flexibility index (Phi) is 5.54. The quantitative estimate of drug-likeness (QED) is 0.201. The zero-order valence-corrected chi connectivity index (χ0v) is 25.2. The molecule has 10 aromatic rings. The van der Waals surface area contributed by atoms with Gasteiger partial charge in [-0.25, -0.2) is 4.98 Å². The minimum atomic E-state index is 0.881. The number of hydrogen-bond acceptors (Lipinski definition) is 3. The van der Waals surface area contributed by atoms with Crippen LogP contribution in [0.2, 0.25) is 0 Å². The molecule has 0 radical (unpaired) electrons. The number of benzene rings is 7. The summed E-state index contributed by atoms with van der Waals surface area (Å²) in [6.07, 6.45) is 0. The fraction of sp³-hybridized carbons (Fsp3) is 0. The highest BCUT2D eigenvalue weighted by molar-refractivity contribution is 6.09. The van der Waals surface area contributed by atoms with Gasteiger partial charge in [0.2, 0.25) is 0 Å². The molecular formula is C43H26N2O2. The number of aromatic nitrogens is 2. The highest BCUT2D eigenvalue weighted by Gasteiger charge is 2.15. The van der Waals surface area contributed by atoms with Gasteiger partial charge in [-0.15, -0.1) is 0 Å². The molecule has 220 valence electrons. The molecule has 3 heterocycles. The van der Waals surface area contributed by atoms with Gasteiger partial charge < -0.3 is 8.83 Å². The predicted octanol–water partition coefficient (Wildman–Crippen LogP) is 11.8. The topological polar surface area (TPSA) is 44.1 Å². The van der Waals surface area contributed by atoms with Crippen LogP contribution in [-0.4, -0.2) is 9.55 Å². The summed E-state index contributed by atoms with van der Waals surface area (Å²) < 4.78 is 14.6. The average Bonchev–Trinajstić information content (AvgIpc) is 3.82. The SMILES string of the molecule is c1ccc(-c2nc3ccccc3n2-c2ccc(-c3ccc4oc5ccc(-c6ccc7oc8ccccc8c7c6)cc5c4c3)cc2)cc1. The molecule has 0 atom stereocenters. The largest absolute Gasteiger partial charge is 0.456 e. The smallest absolute Gasteiger partial charge is 0.145 e. The van der Waals surface area contributed by atoms with Gasteiger partial charge >= 0.3 is 0 Å². The van der Waals surface area contributed by atoms with E-state index in [1.54, 1.807) is 0 Å². The van der Waals surface area contributed by atoms with Crippen molar-refractivity contribution in [1.82, 2.24) is 9.55 Å². The van der Waals surface area contributed by atoms with Crippen LogP contribution in [0.5, 0.6) is 0 Å². The first-order valence-corrected chi connectivity index (χ1v) is 15.8. The molecule has 0 unspecified atom stereocenters. The average molecular weight is 603 g/mol. The molecule has 0 spiro atoms. The Hall–Kier alpha value is -6.39. The monoisotopic (exact) mass is 602 g/mol. The van der Waals surface area contributed by atoms with Crippen LogP contribution < -0.4 is 0 Å². The summed E-state index contributed by atoms with van der Waals surface area (Å²) >= 11 is 0. The zero-order valence-electron chi connectivity index (χ0n) is 25.2. The lowest BCUT2D eigenvalue weighted by atomic mass is 9.99. The van der Waals surface area contributed by atoms with Gasteiger partial charge in [0, 0.05) is 32.8 Å². The summed E-state index contributed by atoms with van der Waals surface area (Å²) in [6.45, 7) is 0. The van der Waals surface area contributed by atoms with Gasteiger partial charge in [0.1, 0.15) is 28.2 Å².